The Hall–Kier alpha value is -0.910. The number of nitrogens with zero attached hydrogens (tertiary/aromatic N) is 3. The highest BCUT2D eigenvalue weighted by Gasteiger charge is 2.09. The topological polar surface area (TPSA) is 56.7 Å². The molecule has 1 aromatic heterocycles. The number of anilines is 1. The summed E-state index contributed by atoms with van der Waals surface area (Å²) < 4.78 is 1.87. The maximum Gasteiger partial charge on any atom is 0.169 e. The molecule has 0 atom stereocenters. The van der Waals surface area contributed by atoms with Crippen molar-refractivity contribution in [1.29, 1.82) is 0 Å². The molecule has 108 valence electrons. The minimum absolute atomic E-state index is 0.526. The van der Waals surface area contributed by atoms with E-state index in [1.807, 2.05) is 16.8 Å². The van der Waals surface area contributed by atoms with Crippen LogP contribution in [0.2, 0.25) is 10.0 Å². The van der Waals surface area contributed by atoms with Gasteiger partial charge in [-0.3, -0.25) is 0 Å². The third kappa shape index (κ3) is 3.81. The number of hydrogen-bond acceptors (Lipinski definition) is 4. The molecule has 7 heteroatoms. The number of nitrogens with two attached hydrogens (primary N) is 1. The first kappa shape index (κ1) is 15.5. The van der Waals surface area contributed by atoms with Crippen molar-refractivity contribution in [1.82, 2.24) is 15.0 Å². The first-order valence-corrected chi connectivity index (χ1v) is 8.11. The average Bonchev–Trinajstić information content (AvgIpc) is 2.76. The second-order valence-electron chi connectivity index (χ2n) is 4.32. The molecule has 2 N–H and O–H groups in total. The van der Waals surface area contributed by atoms with E-state index in [1.54, 1.807) is 17.8 Å². The molecule has 0 radical (unpaired) electrons. The summed E-state index contributed by atoms with van der Waals surface area (Å²) in [5, 5.41) is 9.40. The molecule has 0 saturated heterocycles. The molecule has 0 saturated carbocycles. The molecule has 0 aliphatic rings. The number of benzene rings is 1. The van der Waals surface area contributed by atoms with E-state index in [1.165, 1.54) is 0 Å². The molecule has 1 aromatic carbocycles. The van der Waals surface area contributed by atoms with Crippen LogP contribution in [0, 0.1) is 0 Å². The Kier molecular flexibility index (Phi) is 5.57. The van der Waals surface area contributed by atoms with Gasteiger partial charge in [0.15, 0.2) is 5.82 Å². The number of hydrogen-bond donors (Lipinski definition) is 1. The van der Waals surface area contributed by atoms with Gasteiger partial charge >= 0.3 is 0 Å². The van der Waals surface area contributed by atoms with E-state index in [0.717, 1.165) is 35.7 Å². The highest BCUT2D eigenvalue weighted by molar-refractivity contribution is 7.99. The second-order valence-corrected chi connectivity index (χ2v) is 6.30. The molecule has 1 heterocycles. The van der Waals surface area contributed by atoms with Crippen LogP contribution < -0.4 is 5.73 Å². The van der Waals surface area contributed by atoms with Gasteiger partial charge in [-0.2, -0.15) is 0 Å². The standard InChI is InChI=1S/C13H16Cl2N4S/c1-2-3-11-13(16)17-18-19(11)6-7-20-12-8-9(14)4-5-10(12)15/h4-5,8H,2-3,6-7,16H2,1H3. The Morgan fingerprint density at radius 2 is 2.15 bits per heavy atom. The highest BCUT2D eigenvalue weighted by Crippen LogP contribution is 2.30. The molecule has 0 spiro atoms. The van der Waals surface area contributed by atoms with Crippen molar-refractivity contribution in [2.75, 3.05) is 11.5 Å². The number of aromatic nitrogens is 3. The molecule has 0 aliphatic heterocycles. The SMILES string of the molecule is CCCc1c(N)nnn1CCSc1cc(Cl)ccc1Cl. The lowest BCUT2D eigenvalue weighted by Crippen LogP contribution is -2.08. The van der Waals surface area contributed by atoms with Gasteiger partial charge in [-0.25, -0.2) is 4.68 Å². The first-order valence-electron chi connectivity index (χ1n) is 6.37. The van der Waals surface area contributed by atoms with Crippen LogP contribution in [-0.4, -0.2) is 20.7 Å². The number of thioether (sulfide) groups is 1. The van der Waals surface area contributed by atoms with E-state index in [4.69, 9.17) is 28.9 Å². The van der Waals surface area contributed by atoms with Crippen LogP contribution in [0.4, 0.5) is 5.82 Å². The van der Waals surface area contributed by atoms with E-state index in [9.17, 15) is 0 Å². The van der Waals surface area contributed by atoms with E-state index in [2.05, 4.69) is 17.2 Å². The van der Waals surface area contributed by atoms with Crippen LogP contribution in [0.1, 0.15) is 19.0 Å². The van der Waals surface area contributed by atoms with E-state index in [-0.39, 0.29) is 0 Å². The van der Waals surface area contributed by atoms with Crippen molar-refractivity contribution in [3.63, 3.8) is 0 Å². The fourth-order valence-electron chi connectivity index (χ4n) is 1.85. The molecule has 0 fully saturated rings. The summed E-state index contributed by atoms with van der Waals surface area (Å²) in [6, 6.07) is 5.46. The van der Waals surface area contributed by atoms with Gasteiger partial charge in [0.25, 0.3) is 0 Å². The van der Waals surface area contributed by atoms with Gasteiger partial charge in [-0.15, -0.1) is 16.9 Å². The summed E-state index contributed by atoms with van der Waals surface area (Å²) in [5.74, 6) is 1.36. The van der Waals surface area contributed by atoms with Gasteiger partial charge in [0.2, 0.25) is 0 Å². The smallest absolute Gasteiger partial charge is 0.169 e. The van der Waals surface area contributed by atoms with Crippen molar-refractivity contribution in [3.05, 3.63) is 33.9 Å². The van der Waals surface area contributed by atoms with E-state index < -0.39 is 0 Å². The maximum atomic E-state index is 6.13. The third-order valence-electron chi connectivity index (χ3n) is 2.81. The van der Waals surface area contributed by atoms with Crippen LogP contribution in [0.15, 0.2) is 23.1 Å². The summed E-state index contributed by atoms with van der Waals surface area (Å²) in [4.78, 5) is 0.976. The van der Waals surface area contributed by atoms with Crippen LogP contribution >= 0.6 is 35.0 Å². The zero-order valence-electron chi connectivity index (χ0n) is 11.1. The van der Waals surface area contributed by atoms with Crippen LogP contribution in [0.5, 0.6) is 0 Å². The fraction of sp³-hybridized carbons (Fsp3) is 0.385. The Balaban J connectivity index is 1.97. The number of rotatable bonds is 6. The normalized spacial score (nSPS) is 10.9. The molecule has 4 nitrogen and oxygen atoms in total. The zero-order valence-corrected chi connectivity index (χ0v) is 13.5. The minimum atomic E-state index is 0.526. The van der Waals surface area contributed by atoms with Crippen molar-refractivity contribution in [2.24, 2.45) is 0 Å². The van der Waals surface area contributed by atoms with Crippen LogP contribution in [-0.2, 0) is 13.0 Å². The second kappa shape index (κ2) is 7.20. The van der Waals surface area contributed by atoms with Gasteiger partial charge < -0.3 is 5.73 Å². The maximum absolute atomic E-state index is 6.13. The predicted octanol–water partition coefficient (Wildman–Crippen LogP) is 3.91. The summed E-state index contributed by atoms with van der Waals surface area (Å²) in [5.41, 5.74) is 6.82. The summed E-state index contributed by atoms with van der Waals surface area (Å²) >= 11 is 13.7. The minimum Gasteiger partial charge on any atom is -0.381 e. The van der Waals surface area contributed by atoms with E-state index >= 15 is 0 Å². The summed E-state index contributed by atoms with van der Waals surface area (Å²) in [6.07, 6.45) is 1.91. The lowest BCUT2D eigenvalue weighted by Gasteiger charge is -2.07. The van der Waals surface area contributed by atoms with Gasteiger partial charge in [-0.1, -0.05) is 41.8 Å². The Bertz CT molecular complexity index is 586. The average molecular weight is 331 g/mol. The molecule has 0 aliphatic carbocycles. The summed E-state index contributed by atoms with van der Waals surface area (Å²) in [7, 11) is 0. The first-order chi connectivity index (χ1) is 9.61. The number of nitrogen functional groups attached to an aromatic ring is 1. The molecule has 0 amide bonds. The quantitative estimate of drug-likeness (QED) is 0.816. The molecule has 2 aromatic rings. The highest BCUT2D eigenvalue weighted by atomic mass is 35.5. The predicted molar refractivity (Wildman–Crippen MR) is 85.6 cm³/mol. The molecule has 2 rings (SSSR count). The molecule has 20 heavy (non-hydrogen) atoms. The number of halogens is 2. The van der Waals surface area contributed by atoms with Gasteiger partial charge in [0, 0.05) is 15.7 Å². The monoisotopic (exact) mass is 330 g/mol. The molecule has 0 bridgehead atoms. The lowest BCUT2D eigenvalue weighted by molar-refractivity contribution is 0.598. The Morgan fingerprint density at radius 1 is 1.35 bits per heavy atom. The van der Waals surface area contributed by atoms with E-state index in [0.29, 0.717) is 15.9 Å². The molecule has 0 unspecified atom stereocenters. The fourth-order valence-corrected chi connectivity index (χ4v) is 3.27. The van der Waals surface area contributed by atoms with Crippen LogP contribution in [0.25, 0.3) is 0 Å². The van der Waals surface area contributed by atoms with Crippen LogP contribution in [0.3, 0.4) is 0 Å². The third-order valence-corrected chi connectivity index (χ3v) is 4.52. The zero-order chi connectivity index (χ0) is 14.5. The lowest BCUT2D eigenvalue weighted by atomic mass is 10.2. The van der Waals surface area contributed by atoms with Crippen molar-refractivity contribution in [3.8, 4) is 0 Å². The van der Waals surface area contributed by atoms with Crippen molar-refractivity contribution in [2.45, 2.75) is 31.2 Å². The molecular weight excluding hydrogens is 315 g/mol. The molecular formula is C13H16Cl2N4S. The van der Waals surface area contributed by atoms with Crippen molar-refractivity contribution >= 4 is 40.8 Å². The van der Waals surface area contributed by atoms with Crippen molar-refractivity contribution < 1.29 is 0 Å². The van der Waals surface area contributed by atoms with Gasteiger partial charge in [0.1, 0.15) is 0 Å². The summed E-state index contributed by atoms with van der Waals surface area (Å²) in [6.45, 7) is 2.85. The Labute approximate surface area is 132 Å². The van der Waals surface area contributed by atoms with Gasteiger partial charge in [0.05, 0.1) is 17.3 Å². The number of aryl methyl sites for hydroxylation is 1. The van der Waals surface area contributed by atoms with Gasteiger partial charge in [-0.05, 0) is 24.6 Å². The Morgan fingerprint density at radius 3 is 2.90 bits per heavy atom. The largest absolute Gasteiger partial charge is 0.381 e.